The van der Waals surface area contributed by atoms with E-state index in [0.717, 1.165) is 36.4 Å². The average Bonchev–Trinajstić information content (AvgIpc) is 3.14. The van der Waals surface area contributed by atoms with Gasteiger partial charge in [0, 0.05) is 17.5 Å². The molecule has 4 aromatic rings. The number of sulfone groups is 1. The molecule has 0 fully saturated rings. The molecule has 1 aromatic heterocycles. The summed E-state index contributed by atoms with van der Waals surface area (Å²) in [6.07, 6.45) is -1.53. The second-order valence-electron chi connectivity index (χ2n) is 6.65. The number of rotatable bonds is 5. The summed E-state index contributed by atoms with van der Waals surface area (Å²) < 4.78 is 49.3. The van der Waals surface area contributed by atoms with Crippen LogP contribution in [-0.2, 0) is 9.84 Å². The van der Waals surface area contributed by atoms with Crippen LogP contribution < -0.4 is 9.47 Å². The van der Waals surface area contributed by atoms with Gasteiger partial charge in [0.05, 0.1) is 20.5 Å². The molecule has 1 heterocycles. The summed E-state index contributed by atoms with van der Waals surface area (Å²) in [4.78, 5) is 12.7. The Kier molecular flexibility index (Phi) is 5.83. The third-order valence-electron chi connectivity index (χ3n) is 4.51. The topological polar surface area (TPSA) is 126 Å². The van der Waals surface area contributed by atoms with Crippen molar-refractivity contribution in [3.05, 3.63) is 70.5 Å². The molecule has 0 amide bonds. The molecule has 12 heteroatoms. The summed E-state index contributed by atoms with van der Waals surface area (Å²) in [6.45, 7) is 0. The van der Waals surface area contributed by atoms with E-state index in [2.05, 4.69) is 9.72 Å². The van der Waals surface area contributed by atoms with Crippen molar-refractivity contribution in [2.45, 2.75) is 9.79 Å². The molecule has 0 saturated carbocycles. The number of phenols is 1. The van der Waals surface area contributed by atoms with E-state index in [9.17, 15) is 22.7 Å². The lowest BCUT2D eigenvalue weighted by Crippen LogP contribution is -2.03. The Labute approximate surface area is 195 Å². The maximum absolute atomic E-state index is 13.2. The predicted molar refractivity (Wildman–Crippen MR) is 117 cm³/mol. The predicted octanol–water partition coefficient (Wildman–Crippen LogP) is 6.00. The van der Waals surface area contributed by atoms with E-state index in [0.29, 0.717) is 10.9 Å². The van der Waals surface area contributed by atoms with Gasteiger partial charge in [-0.15, -0.1) is 0 Å². The van der Waals surface area contributed by atoms with Crippen molar-refractivity contribution >= 4 is 50.1 Å². The Balaban J connectivity index is 1.74. The normalized spacial score (nSPS) is 11.5. The number of aromatic amines is 1. The number of nitrogens with one attached hydrogen (secondary N) is 1. The summed E-state index contributed by atoms with van der Waals surface area (Å²) in [5, 5.41) is 19.3. The van der Waals surface area contributed by atoms with Crippen LogP contribution in [0.1, 0.15) is 0 Å². The molecule has 0 aliphatic carbocycles. The van der Waals surface area contributed by atoms with Crippen LogP contribution in [0.25, 0.3) is 10.9 Å². The molecular formula is C21H12Cl2FNO7S. The Morgan fingerprint density at radius 3 is 2.39 bits per heavy atom. The third kappa shape index (κ3) is 4.40. The molecule has 0 unspecified atom stereocenters. The second-order valence-corrected chi connectivity index (χ2v) is 9.36. The van der Waals surface area contributed by atoms with Gasteiger partial charge in [0.2, 0.25) is 15.7 Å². The first kappa shape index (κ1) is 22.7. The molecule has 0 bridgehead atoms. The molecule has 3 N–H and O–H groups in total. The Bertz CT molecular complexity index is 1500. The number of hydrogen-bond acceptors (Lipinski definition) is 6. The SMILES string of the molecule is O=C(O)Oc1cc2c(Cl)c(Oc3ccc(O)c(S(=O)(=O)c4ccc(F)cc4)c3)c(Cl)cc2[nH]1. The van der Waals surface area contributed by atoms with Crippen molar-refractivity contribution in [3.63, 3.8) is 0 Å². The van der Waals surface area contributed by atoms with Crippen LogP contribution in [0.3, 0.4) is 0 Å². The maximum atomic E-state index is 13.2. The van der Waals surface area contributed by atoms with Crippen molar-refractivity contribution in [1.82, 2.24) is 4.98 Å². The number of carbonyl (C=O) groups is 1. The van der Waals surface area contributed by atoms with E-state index in [-0.39, 0.29) is 32.3 Å². The maximum Gasteiger partial charge on any atom is 0.512 e. The minimum absolute atomic E-state index is 0.00463. The summed E-state index contributed by atoms with van der Waals surface area (Å²) in [6, 6.07) is 10.3. The third-order valence-corrected chi connectivity index (χ3v) is 6.96. The van der Waals surface area contributed by atoms with Crippen molar-refractivity contribution in [3.8, 4) is 23.1 Å². The van der Waals surface area contributed by atoms with E-state index in [1.165, 1.54) is 18.2 Å². The van der Waals surface area contributed by atoms with Crippen molar-refractivity contribution in [2.75, 3.05) is 0 Å². The monoisotopic (exact) mass is 511 g/mol. The lowest BCUT2D eigenvalue weighted by atomic mass is 10.2. The number of H-pyrrole nitrogens is 1. The lowest BCUT2D eigenvalue weighted by Gasteiger charge is -2.13. The Morgan fingerprint density at radius 2 is 1.73 bits per heavy atom. The van der Waals surface area contributed by atoms with Crippen LogP contribution in [0.5, 0.6) is 23.1 Å². The van der Waals surface area contributed by atoms with Crippen molar-refractivity contribution in [2.24, 2.45) is 0 Å². The van der Waals surface area contributed by atoms with Gasteiger partial charge in [-0.25, -0.2) is 17.6 Å². The molecule has 3 aromatic carbocycles. The number of aromatic nitrogens is 1. The summed E-state index contributed by atoms with van der Waals surface area (Å²) in [7, 11) is -4.20. The van der Waals surface area contributed by atoms with Crippen LogP contribution in [-0.4, -0.2) is 29.8 Å². The fourth-order valence-corrected chi connectivity index (χ4v) is 4.98. The number of fused-ring (bicyclic) bond motifs is 1. The quantitative estimate of drug-likeness (QED) is 0.221. The number of ether oxygens (including phenoxy) is 2. The van der Waals surface area contributed by atoms with Crippen LogP contribution in [0.4, 0.5) is 9.18 Å². The number of aromatic hydroxyl groups is 1. The number of benzene rings is 3. The molecule has 33 heavy (non-hydrogen) atoms. The van der Waals surface area contributed by atoms with Crippen LogP contribution in [0.15, 0.2) is 64.4 Å². The highest BCUT2D eigenvalue weighted by atomic mass is 35.5. The van der Waals surface area contributed by atoms with Crippen molar-refractivity contribution in [1.29, 1.82) is 0 Å². The first-order valence-electron chi connectivity index (χ1n) is 8.99. The minimum atomic E-state index is -4.20. The van der Waals surface area contributed by atoms with Gasteiger partial charge in [0.25, 0.3) is 0 Å². The van der Waals surface area contributed by atoms with Gasteiger partial charge in [0.15, 0.2) is 5.75 Å². The molecule has 0 radical (unpaired) electrons. The smallest absolute Gasteiger partial charge is 0.507 e. The number of halogens is 3. The van der Waals surface area contributed by atoms with Gasteiger partial charge >= 0.3 is 6.16 Å². The van der Waals surface area contributed by atoms with Crippen LogP contribution in [0.2, 0.25) is 10.0 Å². The molecule has 0 spiro atoms. The Hall–Kier alpha value is -3.47. The van der Waals surface area contributed by atoms with Gasteiger partial charge in [0.1, 0.15) is 22.2 Å². The van der Waals surface area contributed by atoms with E-state index < -0.39 is 32.5 Å². The average molecular weight is 512 g/mol. The van der Waals surface area contributed by atoms with Gasteiger partial charge < -0.3 is 24.7 Å². The lowest BCUT2D eigenvalue weighted by molar-refractivity contribution is 0.143. The van der Waals surface area contributed by atoms with E-state index in [1.807, 2.05) is 0 Å². The molecule has 8 nitrogen and oxygen atoms in total. The number of carboxylic acid groups (broad SMARTS) is 1. The molecule has 170 valence electrons. The molecular weight excluding hydrogens is 500 g/mol. The molecule has 0 saturated heterocycles. The second kappa shape index (κ2) is 8.47. The van der Waals surface area contributed by atoms with Crippen LogP contribution in [0, 0.1) is 5.82 Å². The highest BCUT2D eigenvalue weighted by molar-refractivity contribution is 7.91. The fourth-order valence-electron chi connectivity index (χ4n) is 3.03. The number of hydrogen-bond donors (Lipinski definition) is 3. The van der Waals surface area contributed by atoms with Gasteiger partial charge in [-0.1, -0.05) is 23.2 Å². The van der Waals surface area contributed by atoms with Crippen molar-refractivity contribution < 1.29 is 37.3 Å². The first-order valence-corrected chi connectivity index (χ1v) is 11.2. The number of phenolic OH excluding ortho intramolecular Hbond substituents is 1. The fraction of sp³-hybridized carbons (Fsp3) is 0. The van der Waals surface area contributed by atoms with E-state index in [1.54, 1.807) is 0 Å². The van der Waals surface area contributed by atoms with Gasteiger partial charge in [-0.05, 0) is 42.5 Å². The zero-order valence-electron chi connectivity index (χ0n) is 16.2. The molecule has 0 aliphatic heterocycles. The van der Waals surface area contributed by atoms with Gasteiger partial charge in [-0.3, -0.25) is 0 Å². The summed E-state index contributed by atoms with van der Waals surface area (Å²) in [5.74, 6) is -1.31. The summed E-state index contributed by atoms with van der Waals surface area (Å²) >= 11 is 12.6. The summed E-state index contributed by atoms with van der Waals surface area (Å²) in [5.41, 5.74) is 0.374. The Morgan fingerprint density at radius 1 is 1.03 bits per heavy atom. The molecule has 0 atom stereocenters. The highest BCUT2D eigenvalue weighted by Gasteiger charge is 2.24. The van der Waals surface area contributed by atoms with E-state index in [4.69, 9.17) is 33.0 Å². The van der Waals surface area contributed by atoms with E-state index >= 15 is 0 Å². The largest absolute Gasteiger partial charge is 0.512 e. The highest BCUT2D eigenvalue weighted by Crippen LogP contribution is 2.43. The standard InChI is InChI=1S/C21H12Cl2FNO7S/c22-14-9-15-13(8-18(25-15)32-21(27)28)19(23)20(14)31-11-3-6-16(26)17(7-11)33(29,30)12-4-1-10(24)2-5-12/h1-9,25-26H,(H,27,28). The molecule has 0 aliphatic rings. The zero-order chi connectivity index (χ0) is 23.9. The van der Waals surface area contributed by atoms with Crippen LogP contribution >= 0.6 is 23.2 Å². The zero-order valence-corrected chi connectivity index (χ0v) is 18.5. The minimum Gasteiger partial charge on any atom is -0.507 e. The molecule has 4 rings (SSSR count). The first-order chi connectivity index (χ1) is 15.6. The van der Waals surface area contributed by atoms with Gasteiger partial charge in [-0.2, -0.15) is 0 Å².